The van der Waals surface area contributed by atoms with E-state index in [1.54, 1.807) is 6.92 Å². The van der Waals surface area contributed by atoms with Crippen LogP contribution in [0, 0.1) is 0 Å². The first kappa shape index (κ1) is 35.9. The Hall–Kier alpha value is -2.25. The van der Waals surface area contributed by atoms with Gasteiger partial charge in [-0.25, -0.2) is 4.57 Å². The minimum absolute atomic E-state index is 0.135. The Balaban J connectivity index is 2.30. The molecule has 0 saturated carbocycles. The summed E-state index contributed by atoms with van der Waals surface area (Å²) in [5.41, 5.74) is 0. The van der Waals surface area contributed by atoms with Gasteiger partial charge < -0.3 is 54.0 Å². The van der Waals surface area contributed by atoms with Gasteiger partial charge in [0.1, 0.15) is 43.2 Å². The zero-order valence-electron chi connectivity index (χ0n) is 23.6. The Morgan fingerprint density at radius 1 is 0.810 bits per heavy atom. The van der Waals surface area contributed by atoms with Crippen molar-refractivity contribution in [1.29, 1.82) is 0 Å². The molecule has 0 aromatic heterocycles. The summed E-state index contributed by atoms with van der Waals surface area (Å²) in [4.78, 5) is 57.7. The molecule has 0 bridgehead atoms. The fourth-order valence-corrected chi connectivity index (χ4v) is 4.98. The molecule has 18 nitrogen and oxygen atoms in total. The van der Waals surface area contributed by atoms with E-state index in [4.69, 9.17) is 37.5 Å². The highest BCUT2D eigenvalue weighted by Gasteiger charge is 2.53. The molecule has 1 amide bonds. The maximum Gasteiger partial charge on any atom is 0.474 e. The fourth-order valence-electron chi connectivity index (χ4n) is 4.14. The zero-order valence-corrected chi connectivity index (χ0v) is 24.5. The van der Waals surface area contributed by atoms with Gasteiger partial charge in [0.15, 0.2) is 24.8 Å². The predicted octanol–water partition coefficient (Wildman–Crippen LogP) is -1.99. The quantitative estimate of drug-likeness (QED) is 0.0838. The molecule has 2 aliphatic heterocycles. The Morgan fingerprint density at radius 2 is 1.40 bits per heavy atom. The second kappa shape index (κ2) is 16.0. The number of ether oxygens (including phenoxy) is 6. The van der Waals surface area contributed by atoms with E-state index < -0.39 is 106 Å². The van der Waals surface area contributed by atoms with Gasteiger partial charge >= 0.3 is 25.7 Å². The van der Waals surface area contributed by atoms with E-state index in [9.17, 15) is 44.0 Å². The van der Waals surface area contributed by atoms with Crippen molar-refractivity contribution >= 4 is 31.6 Å². The van der Waals surface area contributed by atoms with Crippen molar-refractivity contribution < 1.29 is 81.4 Å². The molecule has 2 rings (SSSR count). The topological polar surface area (TPSA) is 252 Å². The van der Waals surface area contributed by atoms with Crippen LogP contribution in [0.4, 0.5) is 0 Å². The predicted molar refractivity (Wildman–Crippen MR) is 134 cm³/mol. The highest BCUT2D eigenvalue weighted by molar-refractivity contribution is 7.47. The van der Waals surface area contributed by atoms with Crippen LogP contribution in [0.5, 0.6) is 0 Å². The monoisotopic (exact) mass is 631 g/mol. The van der Waals surface area contributed by atoms with E-state index in [1.807, 2.05) is 0 Å². The molecule has 19 heteroatoms. The number of aliphatic hydroxyl groups is 3. The summed E-state index contributed by atoms with van der Waals surface area (Å²) in [7, 11) is -5.19. The van der Waals surface area contributed by atoms with E-state index in [0.717, 1.165) is 27.7 Å². The summed E-state index contributed by atoms with van der Waals surface area (Å²) < 4.78 is 54.9. The highest BCUT2D eigenvalue weighted by atomic mass is 31.2. The van der Waals surface area contributed by atoms with Crippen molar-refractivity contribution in [1.82, 2.24) is 5.32 Å². The van der Waals surface area contributed by atoms with E-state index in [1.165, 1.54) is 0 Å². The number of hydrogen-bond donors (Lipinski definition) is 5. The van der Waals surface area contributed by atoms with E-state index in [0.29, 0.717) is 6.42 Å². The van der Waals surface area contributed by atoms with Crippen LogP contribution in [0.25, 0.3) is 0 Å². The van der Waals surface area contributed by atoms with Crippen molar-refractivity contribution in [3.63, 3.8) is 0 Å². The number of hydrogen-bond acceptors (Lipinski definition) is 16. The van der Waals surface area contributed by atoms with Gasteiger partial charge in [0.25, 0.3) is 0 Å². The molecule has 5 N–H and O–H groups in total. The summed E-state index contributed by atoms with van der Waals surface area (Å²) >= 11 is 0. The van der Waals surface area contributed by atoms with Gasteiger partial charge in [-0.05, 0) is 6.42 Å². The van der Waals surface area contributed by atoms with Crippen LogP contribution in [0.2, 0.25) is 0 Å². The lowest BCUT2D eigenvalue weighted by Crippen LogP contribution is -2.66. The smallest absolute Gasteiger partial charge is 0.463 e. The average molecular weight is 632 g/mol. The number of nitrogens with one attached hydrogen (secondary N) is 1. The van der Waals surface area contributed by atoms with Crippen molar-refractivity contribution in [2.75, 3.05) is 19.8 Å². The number of carbonyl (C=O) groups is 4. The maximum absolute atomic E-state index is 13.0. The second-order valence-electron chi connectivity index (χ2n) is 9.48. The van der Waals surface area contributed by atoms with Crippen LogP contribution in [0.1, 0.15) is 41.0 Å². The molecule has 2 heterocycles. The lowest BCUT2D eigenvalue weighted by Gasteiger charge is -2.45. The lowest BCUT2D eigenvalue weighted by atomic mass is 9.96. The van der Waals surface area contributed by atoms with E-state index >= 15 is 0 Å². The molecular weight excluding hydrogens is 593 g/mol. The molecule has 2 aliphatic rings. The summed E-state index contributed by atoms with van der Waals surface area (Å²) in [5.74, 6) is -3.24. The van der Waals surface area contributed by atoms with Gasteiger partial charge in [0.2, 0.25) is 5.91 Å². The maximum atomic E-state index is 13.0. The minimum Gasteiger partial charge on any atom is -0.463 e. The van der Waals surface area contributed by atoms with E-state index in [-0.39, 0.29) is 6.61 Å². The Bertz CT molecular complexity index is 996. The Kier molecular flexibility index (Phi) is 13.7. The SMILES string of the molecule is CCCO[C@H]1O[C@H](COP(=O)(O)O[C@H]2O[C@H](COC(C)=O)[C@@H](OC(C)=O)[C@H](OC(C)=O)[C@H]2NC(C)=O)[C@@H](O)[C@H](O)[C@@H]1O. The first-order valence-corrected chi connectivity index (χ1v) is 14.4. The van der Waals surface area contributed by atoms with Crippen LogP contribution in [0.3, 0.4) is 0 Å². The number of esters is 3. The first-order chi connectivity index (χ1) is 19.6. The van der Waals surface area contributed by atoms with Crippen molar-refractivity contribution in [2.45, 2.75) is 102 Å². The van der Waals surface area contributed by atoms with Crippen molar-refractivity contribution in [3.8, 4) is 0 Å². The van der Waals surface area contributed by atoms with Gasteiger partial charge in [-0.2, -0.15) is 0 Å². The average Bonchev–Trinajstić information content (AvgIpc) is 2.87. The molecule has 0 aromatic rings. The number of aliphatic hydroxyl groups excluding tert-OH is 3. The lowest BCUT2D eigenvalue weighted by molar-refractivity contribution is -0.300. The number of phosphoric acid groups is 1. The molecule has 0 radical (unpaired) electrons. The molecule has 0 aromatic carbocycles. The van der Waals surface area contributed by atoms with Crippen molar-refractivity contribution in [3.05, 3.63) is 0 Å². The molecule has 2 fully saturated rings. The normalized spacial score (nSPS) is 34.5. The van der Waals surface area contributed by atoms with Gasteiger partial charge in [0.05, 0.1) is 6.61 Å². The first-order valence-electron chi connectivity index (χ1n) is 12.9. The van der Waals surface area contributed by atoms with Crippen LogP contribution in [0.15, 0.2) is 0 Å². The number of rotatable bonds is 13. The summed E-state index contributed by atoms with van der Waals surface area (Å²) in [6.07, 6.45) is -13.8. The second-order valence-corrected chi connectivity index (χ2v) is 10.9. The highest BCUT2D eigenvalue weighted by Crippen LogP contribution is 2.47. The van der Waals surface area contributed by atoms with Gasteiger partial charge in [-0.15, -0.1) is 0 Å². The molecule has 1 unspecified atom stereocenters. The van der Waals surface area contributed by atoms with Gasteiger partial charge in [-0.1, -0.05) is 6.92 Å². The third-order valence-electron chi connectivity index (χ3n) is 5.86. The van der Waals surface area contributed by atoms with Crippen LogP contribution >= 0.6 is 7.82 Å². The van der Waals surface area contributed by atoms with Crippen molar-refractivity contribution in [2.24, 2.45) is 0 Å². The van der Waals surface area contributed by atoms with Gasteiger partial charge in [0, 0.05) is 34.3 Å². The molecule has 42 heavy (non-hydrogen) atoms. The summed E-state index contributed by atoms with van der Waals surface area (Å²) in [5, 5.41) is 32.9. The molecule has 0 aliphatic carbocycles. The number of carbonyl (C=O) groups excluding carboxylic acids is 4. The third kappa shape index (κ3) is 10.5. The summed E-state index contributed by atoms with van der Waals surface area (Å²) in [6, 6.07) is -1.56. The molecule has 242 valence electrons. The van der Waals surface area contributed by atoms with Gasteiger partial charge in [-0.3, -0.25) is 28.2 Å². The van der Waals surface area contributed by atoms with E-state index in [2.05, 4.69) is 5.32 Å². The molecule has 2 saturated heterocycles. The molecular formula is C23H38NO17P. The Morgan fingerprint density at radius 3 is 1.95 bits per heavy atom. The van der Waals surface area contributed by atoms with Crippen LogP contribution < -0.4 is 5.32 Å². The molecule has 0 spiro atoms. The third-order valence-corrected chi connectivity index (χ3v) is 6.81. The number of phosphoric ester groups is 1. The molecule has 11 atom stereocenters. The fraction of sp³-hybridized carbons (Fsp3) is 0.826. The Labute approximate surface area is 241 Å². The zero-order chi connectivity index (χ0) is 31.8. The minimum atomic E-state index is -5.19. The van der Waals surface area contributed by atoms with Crippen LogP contribution in [-0.2, 0) is 61.2 Å². The largest absolute Gasteiger partial charge is 0.474 e. The number of amides is 1. The standard InChI is InChI=1S/C23H38NO17P/c1-6-7-34-23-19(31)18(30)17(29)14(39-23)9-36-42(32,33)41-22-16(24-10(2)25)21(38-13(5)28)20(37-12(4)27)15(40-22)8-35-11(3)26/h14-23,29-31H,6-9H2,1-5H3,(H,24,25)(H,32,33)/t14-,15-,16-,17-,18+,19+,20-,21-,22-,23+/m1/s1. The van der Waals surface area contributed by atoms with Crippen LogP contribution in [-0.4, -0.2) is 125 Å². The summed E-state index contributed by atoms with van der Waals surface area (Å²) in [6.45, 7) is 4.66.